The highest BCUT2D eigenvalue weighted by atomic mass is 32.2. The molecule has 88 valence electrons. The second-order valence-corrected chi connectivity index (χ2v) is 6.03. The zero-order valence-electron chi connectivity index (χ0n) is 9.23. The van der Waals surface area contributed by atoms with Gasteiger partial charge >= 0.3 is 0 Å². The molecule has 1 aromatic heterocycles. The molecule has 5 heteroatoms. The molecule has 1 aliphatic heterocycles. The van der Waals surface area contributed by atoms with E-state index in [1.54, 1.807) is 23.1 Å². The van der Waals surface area contributed by atoms with E-state index in [2.05, 4.69) is 29.0 Å². The zero-order valence-corrected chi connectivity index (χ0v) is 10.9. The summed E-state index contributed by atoms with van der Waals surface area (Å²) in [6, 6.07) is 4.36. The Kier molecular flexibility index (Phi) is 4.26. The number of hydrogen-bond acceptors (Lipinski definition) is 4. The SMILES string of the molecule is CC(Cc1cccs1)NC(=O)C1CSCN1. The van der Waals surface area contributed by atoms with Gasteiger partial charge in [-0.15, -0.1) is 23.1 Å². The molecule has 0 aromatic carbocycles. The van der Waals surface area contributed by atoms with Crippen LogP contribution in [-0.4, -0.2) is 29.6 Å². The largest absolute Gasteiger partial charge is 0.352 e. The van der Waals surface area contributed by atoms with Gasteiger partial charge in [0.25, 0.3) is 0 Å². The van der Waals surface area contributed by atoms with Crippen molar-refractivity contribution in [2.24, 2.45) is 0 Å². The Morgan fingerprint density at radius 3 is 3.25 bits per heavy atom. The van der Waals surface area contributed by atoms with E-state index >= 15 is 0 Å². The van der Waals surface area contributed by atoms with Crippen molar-refractivity contribution in [2.75, 3.05) is 11.6 Å². The van der Waals surface area contributed by atoms with Crippen LogP contribution in [0.15, 0.2) is 17.5 Å². The second kappa shape index (κ2) is 5.70. The Balaban J connectivity index is 1.78. The molecule has 0 saturated carbocycles. The number of hydrogen-bond donors (Lipinski definition) is 2. The summed E-state index contributed by atoms with van der Waals surface area (Å²) < 4.78 is 0. The van der Waals surface area contributed by atoms with E-state index in [0.29, 0.717) is 0 Å². The minimum atomic E-state index is -0.00390. The zero-order chi connectivity index (χ0) is 11.4. The van der Waals surface area contributed by atoms with Crippen LogP contribution in [0.5, 0.6) is 0 Å². The van der Waals surface area contributed by atoms with E-state index in [0.717, 1.165) is 18.1 Å². The molecule has 0 spiro atoms. The van der Waals surface area contributed by atoms with E-state index in [1.807, 2.05) is 6.07 Å². The molecule has 2 N–H and O–H groups in total. The molecular weight excluding hydrogens is 240 g/mol. The Labute approximate surface area is 104 Å². The number of amides is 1. The van der Waals surface area contributed by atoms with Crippen molar-refractivity contribution in [2.45, 2.75) is 25.4 Å². The van der Waals surface area contributed by atoms with Crippen molar-refractivity contribution in [1.82, 2.24) is 10.6 Å². The van der Waals surface area contributed by atoms with Crippen molar-refractivity contribution in [3.63, 3.8) is 0 Å². The maximum Gasteiger partial charge on any atom is 0.238 e. The summed E-state index contributed by atoms with van der Waals surface area (Å²) in [7, 11) is 0. The van der Waals surface area contributed by atoms with Gasteiger partial charge in [0.2, 0.25) is 5.91 Å². The number of rotatable bonds is 4. The van der Waals surface area contributed by atoms with Crippen molar-refractivity contribution in [1.29, 1.82) is 0 Å². The summed E-state index contributed by atoms with van der Waals surface area (Å²) in [5, 5.41) is 8.29. The average molecular weight is 256 g/mol. The van der Waals surface area contributed by atoms with Crippen LogP contribution in [-0.2, 0) is 11.2 Å². The molecule has 1 aromatic rings. The summed E-state index contributed by atoms with van der Waals surface area (Å²) in [5.41, 5.74) is 0. The second-order valence-electron chi connectivity index (χ2n) is 3.96. The Hall–Kier alpha value is -0.520. The molecule has 0 radical (unpaired) electrons. The predicted molar refractivity (Wildman–Crippen MR) is 69.9 cm³/mol. The number of nitrogens with one attached hydrogen (secondary N) is 2. The van der Waals surface area contributed by atoms with Crippen molar-refractivity contribution in [3.8, 4) is 0 Å². The van der Waals surface area contributed by atoms with Crippen LogP contribution < -0.4 is 10.6 Å². The molecule has 16 heavy (non-hydrogen) atoms. The standard InChI is InChI=1S/C11H16N2OS2/c1-8(5-9-3-2-4-16-9)13-11(14)10-6-15-7-12-10/h2-4,8,10,12H,5-7H2,1H3,(H,13,14). The number of carbonyl (C=O) groups is 1. The van der Waals surface area contributed by atoms with E-state index in [9.17, 15) is 4.79 Å². The predicted octanol–water partition coefficient (Wildman–Crippen LogP) is 1.46. The summed E-state index contributed by atoms with van der Waals surface area (Å²) in [6.07, 6.45) is 0.920. The summed E-state index contributed by atoms with van der Waals surface area (Å²) in [4.78, 5) is 13.1. The molecule has 2 heterocycles. The molecule has 0 aliphatic carbocycles. The fourth-order valence-corrected chi connectivity index (χ4v) is 3.47. The quantitative estimate of drug-likeness (QED) is 0.857. The topological polar surface area (TPSA) is 41.1 Å². The highest BCUT2D eigenvalue weighted by Crippen LogP contribution is 2.12. The molecule has 1 fully saturated rings. The monoisotopic (exact) mass is 256 g/mol. The first-order valence-electron chi connectivity index (χ1n) is 5.39. The molecule has 1 saturated heterocycles. The van der Waals surface area contributed by atoms with Crippen LogP contribution in [0.2, 0.25) is 0 Å². The fraction of sp³-hybridized carbons (Fsp3) is 0.545. The van der Waals surface area contributed by atoms with E-state index < -0.39 is 0 Å². The lowest BCUT2D eigenvalue weighted by Gasteiger charge is -2.16. The highest BCUT2D eigenvalue weighted by molar-refractivity contribution is 7.99. The molecule has 3 nitrogen and oxygen atoms in total. The Morgan fingerprint density at radius 1 is 1.75 bits per heavy atom. The highest BCUT2D eigenvalue weighted by Gasteiger charge is 2.23. The van der Waals surface area contributed by atoms with Crippen LogP contribution >= 0.6 is 23.1 Å². The van der Waals surface area contributed by atoms with E-state index in [1.165, 1.54) is 4.88 Å². The molecule has 2 rings (SSSR count). The smallest absolute Gasteiger partial charge is 0.238 e. The van der Waals surface area contributed by atoms with Gasteiger partial charge in [0.1, 0.15) is 0 Å². The van der Waals surface area contributed by atoms with Gasteiger partial charge in [-0.2, -0.15) is 0 Å². The minimum Gasteiger partial charge on any atom is -0.352 e. The lowest BCUT2D eigenvalue weighted by molar-refractivity contribution is -0.123. The van der Waals surface area contributed by atoms with Gasteiger partial charge in [0.05, 0.1) is 6.04 Å². The number of thioether (sulfide) groups is 1. The van der Waals surface area contributed by atoms with Gasteiger partial charge in [-0.3, -0.25) is 10.1 Å². The van der Waals surface area contributed by atoms with Crippen LogP contribution in [0.3, 0.4) is 0 Å². The summed E-state index contributed by atoms with van der Waals surface area (Å²) in [6.45, 7) is 2.06. The molecular formula is C11H16N2OS2. The van der Waals surface area contributed by atoms with Crippen LogP contribution in [0.25, 0.3) is 0 Å². The molecule has 2 atom stereocenters. The third kappa shape index (κ3) is 3.23. The van der Waals surface area contributed by atoms with Gasteiger partial charge in [-0.1, -0.05) is 6.07 Å². The Bertz CT molecular complexity index is 334. The average Bonchev–Trinajstić information content (AvgIpc) is 2.88. The minimum absolute atomic E-state index is 0.00390. The van der Waals surface area contributed by atoms with Gasteiger partial charge in [0, 0.05) is 29.0 Å². The molecule has 1 aliphatic rings. The normalized spacial score (nSPS) is 21.9. The van der Waals surface area contributed by atoms with Crippen LogP contribution in [0.4, 0.5) is 0 Å². The third-order valence-electron chi connectivity index (χ3n) is 2.51. The van der Waals surface area contributed by atoms with Crippen LogP contribution in [0, 0.1) is 0 Å². The summed E-state index contributed by atoms with van der Waals surface area (Å²) in [5.74, 6) is 1.91. The van der Waals surface area contributed by atoms with E-state index in [-0.39, 0.29) is 18.0 Å². The van der Waals surface area contributed by atoms with Crippen molar-refractivity contribution >= 4 is 29.0 Å². The first-order chi connectivity index (χ1) is 7.75. The first-order valence-corrected chi connectivity index (χ1v) is 7.43. The maximum absolute atomic E-state index is 11.8. The maximum atomic E-state index is 11.8. The third-order valence-corrected chi connectivity index (χ3v) is 4.35. The molecule has 0 bridgehead atoms. The van der Waals surface area contributed by atoms with Gasteiger partial charge in [0.15, 0.2) is 0 Å². The molecule has 2 unspecified atom stereocenters. The lowest BCUT2D eigenvalue weighted by Crippen LogP contribution is -2.46. The van der Waals surface area contributed by atoms with Gasteiger partial charge < -0.3 is 5.32 Å². The number of thiophene rings is 1. The van der Waals surface area contributed by atoms with Gasteiger partial charge in [-0.25, -0.2) is 0 Å². The Morgan fingerprint density at radius 2 is 2.62 bits per heavy atom. The molecule has 1 amide bonds. The van der Waals surface area contributed by atoms with Crippen LogP contribution in [0.1, 0.15) is 11.8 Å². The number of carbonyl (C=O) groups excluding carboxylic acids is 1. The van der Waals surface area contributed by atoms with Gasteiger partial charge in [-0.05, 0) is 18.4 Å². The summed E-state index contributed by atoms with van der Waals surface area (Å²) >= 11 is 3.51. The van der Waals surface area contributed by atoms with Crippen molar-refractivity contribution < 1.29 is 4.79 Å². The van der Waals surface area contributed by atoms with E-state index in [4.69, 9.17) is 0 Å². The first kappa shape index (κ1) is 12.0. The van der Waals surface area contributed by atoms with Crippen molar-refractivity contribution in [3.05, 3.63) is 22.4 Å². The lowest BCUT2D eigenvalue weighted by atomic mass is 10.2. The fourth-order valence-electron chi connectivity index (χ4n) is 1.69.